The molecular weight excluding hydrogens is 556 g/mol. The van der Waals surface area contributed by atoms with Gasteiger partial charge >= 0.3 is 0 Å². The summed E-state index contributed by atoms with van der Waals surface area (Å²) in [7, 11) is 0. The van der Waals surface area contributed by atoms with Crippen LogP contribution in [0.15, 0.2) is 109 Å². The molecule has 5 aromatic rings. The van der Waals surface area contributed by atoms with Crippen molar-refractivity contribution in [2.45, 2.75) is 102 Å². The molecule has 2 unspecified atom stereocenters. The van der Waals surface area contributed by atoms with Crippen LogP contribution in [-0.4, -0.2) is 0 Å². The van der Waals surface area contributed by atoms with Crippen molar-refractivity contribution in [3.05, 3.63) is 132 Å². The molecule has 3 aromatic carbocycles. The fourth-order valence-electron chi connectivity index (χ4n) is 9.59. The smallest absolute Gasteiger partial charge is 0.198 e. The van der Waals surface area contributed by atoms with Crippen LogP contribution in [0.2, 0.25) is 0 Å². The maximum Gasteiger partial charge on any atom is 0.213 e. The number of hydrogen-bond acceptors (Lipinski definition) is 0. The molecule has 2 aromatic heterocycles. The molecule has 0 fully saturated rings. The first kappa shape index (κ1) is 29.4. The van der Waals surface area contributed by atoms with Crippen molar-refractivity contribution in [3.63, 3.8) is 0 Å². The van der Waals surface area contributed by atoms with E-state index in [9.17, 15) is 0 Å². The summed E-state index contributed by atoms with van der Waals surface area (Å²) in [6.07, 6.45) is 9.39. The van der Waals surface area contributed by atoms with Gasteiger partial charge in [0.1, 0.15) is 0 Å². The zero-order valence-corrected chi connectivity index (χ0v) is 28.5. The van der Waals surface area contributed by atoms with E-state index in [0.29, 0.717) is 11.8 Å². The number of fused-ring (bicyclic) bond motifs is 7. The lowest BCUT2D eigenvalue weighted by molar-refractivity contribution is -0.765. The van der Waals surface area contributed by atoms with E-state index in [1.807, 2.05) is 0 Å². The number of aromatic nitrogens is 2. The van der Waals surface area contributed by atoms with Gasteiger partial charge in [0.25, 0.3) is 0 Å². The molecule has 8 rings (SSSR count). The molecular formula is C44H48N2+2. The van der Waals surface area contributed by atoms with E-state index in [4.69, 9.17) is 0 Å². The Morgan fingerprint density at radius 2 is 1.30 bits per heavy atom. The van der Waals surface area contributed by atoms with E-state index in [2.05, 4.69) is 160 Å². The van der Waals surface area contributed by atoms with Crippen molar-refractivity contribution in [2.24, 2.45) is 0 Å². The number of benzene rings is 3. The van der Waals surface area contributed by atoms with Gasteiger partial charge in [-0.05, 0) is 75.8 Å². The second-order valence-corrected chi connectivity index (χ2v) is 15.5. The summed E-state index contributed by atoms with van der Waals surface area (Å²) in [5, 5.41) is 0. The maximum atomic E-state index is 2.74. The average Bonchev–Trinajstić information content (AvgIpc) is 3.09. The summed E-state index contributed by atoms with van der Waals surface area (Å²) in [4.78, 5) is 0. The summed E-state index contributed by atoms with van der Waals surface area (Å²) in [5.74, 6) is 0.655. The van der Waals surface area contributed by atoms with Crippen LogP contribution < -0.4 is 9.13 Å². The number of rotatable bonds is 4. The summed E-state index contributed by atoms with van der Waals surface area (Å²) in [5.41, 5.74) is 14.5. The predicted octanol–water partition coefficient (Wildman–Crippen LogP) is 10.0. The first-order chi connectivity index (χ1) is 22.2. The van der Waals surface area contributed by atoms with Gasteiger partial charge in [-0.2, -0.15) is 9.13 Å². The Labute approximate surface area is 275 Å². The Balaban J connectivity index is 1.46. The Kier molecular flexibility index (Phi) is 6.70. The van der Waals surface area contributed by atoms with Crippen LogP contribution in [0, 0.1) is 0 Å². The van der Waals surface area contributed by atoms with Crippen LogP contribution in [0.3, 0.4) is 0 Å². The first-order valence-corrected chi connectivity index (χ1v) is 17.6. The molecule has 0 bridgehead atoms. The molecule has 0 N–H and O–H groups in total. The van der Waals surface area contributed by atoms with Crippen LogP contribution in [0.4, 0.5) is 0 Å². The van der Waals surface area contributed by atoms with Crippen LogP contribution >= 0.6 is 0 Å². The summed E-state index contributed by atoms with van der Waals surface area (Å²) in [6, 6.07) is 37.0. The van der Waals surface area contributed by atoms with Crippen molar-refractivity contribution in [2.75, 3.05) is 0 Å². The highest BCUT2D eigenvalue weighted by Crippen LogP contribution is 2.57. The Hall–Kier alpha value is -4.04. The highest BCUT2D eigenvalue weighted by atomic mass is 15.1. The maximum absolute atomic E-state index is 2.74. The molecule has 0 amide bonds. The van der Waals surface area contributed by atoms with Gasteiger partial charge in [0, 0.05) is 42.2 Å². The van der Waals surface area contributed by atoms with Crippen molar-refractivity contribution in [1.29, 1.82) is 0 Å². The van der Waals surface area contributed by atoms with Crippen LogP contribution in [-0.2, 0) is 22.9 Å². The molecule has 3 aliphatic rings. The molecule has 0 saturated carbocycles. The largest absolute Gasteiger partial charge is 0.213 e. The molecule has 2 heteroatoms. The molecule has 0 saturated heterocycles. The Morgan fingerprint density at radius 3 is 2.04 bits per heavy atom. The van der Waals surface area contributed by atoms with Gasteiger partial charge in [-0.1, -0.05) is 96.1 Å². The summed E-state index contributed by atoms with van der Waals surface area (Å²) >= 11 is 0. The lowest BCUT2D eigenvalue weighted by Crippen LogP contribution is -2.64. The third kappa shape index (κ3) is 4.21. The first-order valence-electron chi connectivity index (χ1n) is 17.6. The van der Waals surface area contributed by atoms with E-state index in [-0.39, 0.29) is 16.4 Å². The lowest BCUT2D eigenvalue weighted by atomic mass is 9.58. The predicted molar refractivity (Wildman–Crippen MR) is 189 cm³/mol. The molecule has 232 valence electrons. The van der Waals surface area contributed by atoms with E-state index in [0.717, 1.165) is 19.4 Å². The molecule has 0 spiro atoms. The van der Waals surface area contributed by atoms with Gasteiger partial charge in [0.2, 0.25) is 11.4 Å². The minimum absolute atomic E-state index is 0.0830. The Morgan fingerprint density at radius 1 is 0.630 bits per heavy atom. The molecule has 1 aliphatic carbocycles. The van der Waals surface area contributed by atoms with Crippen molar-refractivity contribution in [1.82, 2.24) is 0 Å². The minimum Gasteiger partial charge on any atom is -0.198 e. The normalized spacial score (nSPS) is 21.3. The highest BCUT2D eigenvalue weighted by Gasteiger charge is 2.57. The van der Waals surface area contributed by atoms with E-state index in [1.165, 1.54) is 52.0 Å². The van der Waals surface area contributed by atoms with Gasteiger partial charge in [-0.25, -0.2) is 0 Å². The van der Waals surface area contributed by atoms with E-state index < -0.39 is 0 Å². The topological polar surface area (TPSA) is 7.76 Å². The molecule has 2 atom stereocenters. The fraction of sp³-hybridized carbons (Fsp3) is 0.364. The van der Waals surface area contributed by atoms with Gasteiger partial charge in [-0.15, -0.1) is 0 Å². The summed E-state index contributed by atoms with van der Waals surface area (Å²) in [6.45, 7) is 15.8. The standard InChI is InChI=1S/C44H48N2/c1-7-44(8-2)41(36-29-45-25-15-14-20-39(45)33-19-13-12-18-32(33)36)35-27-38-37(42(3,4)23-24-43(38,5)6)26-34(35)40-22-21-31(28-46(40)44)30-16-10-9-11-17-30/h9-22,25-28,36,41H,7-8,23-24,29H2,1-6H3/q+2. The summed E-state index contributed by atoms with van der Waals surface area (Å²) < 4.78 is 5.26. The van der Waals surface area contributed by atoms with Gasteiger partial charge in [0.15, 0.2) is 24.5 Å². The van der Waals surface area contributed by atoms with Gasteiger partial charge in [0.05, 0.1) is 17.4 Å². The fourth-order valence-corrected chi connectivity index (χ4v) is 9.59. The molecule has 2 aliphatic heterocycles. The van der Waals surface area contributed by atoms with Gasteiger partial charge < -0.3 is 0 Å². The zero-order valence-electron chi connectivity index (χ0n) is 28.5. The van der Waals surface area contributed by atoms with Crippen LogP contribution in [0.5, 0.6) is 0 Å². The molecule has 2 nitrogen and oxygen atoms in total. The van der Waals surface area contributed by atoms with E-state index >= 15 is 0 Å². The van der Waals surface area contributed by atoms with Crippen LogP contribution in [0.25, 0.3) is 33.6 Å². The van der Waals surface area contributed by atoms with Crippen molar-refractivity contribution < 1.29 is 9.13 Å². The van der Waals surface area contributed by atoms with Crippen LogP contribution in [0.1, 0.15) is 101 Å². The number of hydrogen-bond donors (Lipinski definition) is 0. The monoisotopic (exact) mass is 604 g/mol. The highest BCUT2D eigenvalue weighted by molar-refractivity contribution is 5.72. The number of pyridine rings is 2. The second kappa shape index (κ2) is 10.5. The third-order valence-corrected chi connectivity index (χ3v) is 12.3. The lowest BCUT2D eigenvalue weighted by Gasteiger charge is -2.47. The zero-order chi connectivity index (χ0) is 31.8. The third-order valence-electron chi connectivity index (χ3n) is 12.3. The SMILES string of the molecule is CCC1(CC)C(C2C[n+]3ccccc3-c3ccccc32)c2cc3c(cc2-c2ccc(-c4ccccc4)c[n+]21)C(C)(C)CCC3(C)C. The van der Waals surface area contributed by atoms with Crippen molar-refractivity contribution in [3.8, 4) is 33.6 Å². The quantitative estimate of drug-likeness (QED) is 0.180. The Bertz CT molecular complexity index is 1960. The van der Waals surface area contributed by atoms with Gasteiger partial charge in [-0.3, -0.25) is 0 Å². The molecule has 0 radical (unpaired) electrons. The number of nitrogens with zero attached hydrogens (tertiary/aromatic N) is 2. The van der Waals surface area contributed by atoms with E-state index in [1.54, 1.807) is 16.7 Å². The second-order valence-electron chi connectivity index (χ2n) is 15.5. The molecule has 4 heterocycles. The van der Waals surface area contributed by atoms with Crippen molar-refractivity contribution >= 4 is 0 Å². The average molecular weight is 605 g/mol. The minimum atomic E-state index is -0.0830. The molecule has 46 heavy (non-hydrogen) atoms.